The number of para-hydroxylation sites is 1. The first-order valence-electron chi connectivity index (χ1n) is 8.17. The minimum absolute atomic E-state index is 0.186. The molecule has 0 bridgehead atoms. The van der Waals surface area contributed by atoms with E-state index in [2.05, 4.69) is 20.4 Å². The molecular formula is C17H22N4O2S. The van der Waals surface area contributed by atoms with E-state index in [1.807, 2.05) is 37.4 Å². The molecule has 0 spiro atoms. The highest BCUT2D eigenvalue weighted by molar-refractivity contribution is 7.13. The lowest BCUT2D eigenvalue weighted by atomic mass is 10.1. The molecule has 2 atom stereocenters. The van der Waals surface area contributed by atoms with Crippen LogP contribution >= 0.6 is 11.3 Å². The van der Waals surface area contributed by atoms with Crippen LogP contribution in [0.15, 0.2) is 30.3 Å². The maximum absolute atomic E-state index is 12.2. The highest BCUT2D eigenvalue weighted by Gasteiger charge is 2.26. The van der Waals surface area contributed by atoms with Gasteiger partial charge < -0.3 is 10.4 Å². The van der Waals surface area contributed by atoms with Crippen molar-refractivity contribution in [2.75, 3.05) is 18.9 Å². The molecule has 1 amide bonds. The van der Waals surface area contributed by atoms with Gasteiger partial charge in [0.2, 0.25) is 5.01 Å². The summed E-state index contributed by atoms with van der Waals surface area (Å²) < 4.78 is 0. The quantitative estimate of drug-likeness (QED) is 0.840. The number of amides is 1. The number of nitrogens with zero attached hydrogens (tertiary/aromatic N) is 3. The Morgan fingerprint density at radius 2 is 2.12 bits per heavy atom. The smallest absolute Gasteiger partial charge is 0.286 e. The number of aliphatic hydroxyl groups is 1. The molecule has 2 aromatic rings. The van der Waals surface area contributed by atoms with Gasteiger partial charge in [-0.25, -0.2) is 0 Å². The van der Waals surface area contributed by atoms with Gasteiger partial charge in [0.1, 0.15) is 5.01 Å². The monoisotopic (exact) mass is 346 g/mol. The molecule has 0 radical (unpaired) electrons. The summed E-state index contributed by atoms with van der Waals surface area (Å²) in [4.78, 5) is 14.3. The molecular weight excluding hydrogens is 324 g/mol. The van der Waals surface area contributed by atoms with Crippen molar-refractivity contribution in [2.24, 2.45) is 5.92 Å². The van der Waals surface area contributed by atoms with Gasteiger partial charge in [0.25, 0.3) is 5.91 Å². The molecule has 24 heavy (non-hydrogen) atoms. The predicted octanol–water partition coefficient (Wildman–Crippen LogP) is 2.38. The SMILES string of the molecule is CN(Cc1nnc(C(=O)Nc2ccccc2)s1)C[C@H]1CCC[C@H]1O. The Hall–Kier alpha value is -1.83. The molecule has 6 nitrogen and oxygen atoms in total. The molecule has 1 aliphatic carbocycles. The van der Waals surface area contributed by atoms with Crippen molar-refractivity contribution >= 4 is 22.9 Å². The molecule has 0 saturated heterocycles. The number of benzene rings is 1. The summed E-state index contributed by atoms with van der Waals surface area (Å²) in [5.41, 5.74) is 0.742. The highest BCUT2D eigenvalue weighted by Crippen LogP contribution is 2.26. The normalized spacial score (nSPS) is 20.5. The topological polar surface area (TPSA) is 78.4 Å². The number of hydrogen-bond acceptors (Lipinski definition) is 6. The van der Waals surface area contributed by atoms with Crippen LogP contribution in [0.5, 0.6) is 0 Å². The van der Waals surface area contributed by atoms with Gasteiger partial charge in [0.15, 0.2) is 0 Å². The van der Waals surface area contributed by atoms with E-state index in [-0.39, 0.29) is 12.0 Å². The average molecular weight is 346 g/mol. The summed E-state index contributed by atoms with van der Waals surface area (Å²) in [7, 11) is 2.01. The average Bonchev–Trinajstić information content (AvgIpc) is 3.18. The Morgan fingerprint density at radius 3 is 2.83 bits per heavy atom. The van der Waals surface area contributed by atoms with Gasteiger partial charge in [0, 0.05) is 12.2 Å². The molecule has 1 aromatic heterocycles. The number of hydrogen-bond donors (Lipinski definition) is 2. The predicted molar refractivity (Wildman–Crippen MR) is 94.0 cm³/mol. The molecule has 1 aromatic carbocycles. The number of rotatable bonds is 6. The lowest BCUT2D eigenvalue weighted by Crippen LogP contribution is -2.29. The Morgan fingerprint density at radius 1 is 1.33 bits per heavy atom. The van der Waals surface area contributed by atoms with Crippen LogP contribution in [-0.4, -0.2) is 45.8 Å². The Balaban J connectivity index is 1.54. The standard InChI is InChI=1S/C17H22N4O2S/c1-21(10-12-6-5-9-14(12)22)11-15-19-20-17(24-15)16(23)18-13-7-3-2-4-8-13/h2-4,7-8,12,14,22H,5-6,9-11H2,1H3,(H,18,23)/t12-,14-/m1/s1. The zero-order chi connectivity index (χ0) is 16.9. The van der Waals surface area contributed by atoms with Gasteiger partial charge in [-0.3, -0.25) is 9.69 Å². The summed E-state index contributed by atoms with van der Waals surface area (Å²) in [6, 6.07) is 9.30. The second kappa shape index (κ2) is 7.83. The van der Waals surface area contributed by atoms with Crippen LogP contribution in [0.1, 0.15) is 34.1 Å². The molecule has 1 aliphatic rings. The van der Waals surface area contributed by atoms with Crippen molar-refractivity contribution in [1.82, 2.24) is 15.1 Å². The van der Waals surface area contributed by atoms with Crippen LogP contribution in [0.25, 0.3) is 0 Å². The second-order valence-electron chi connectivity index (χ2n) is 6.28. The summed E-state index contributed by atoms with van der Waals surface area (Å²) in [6.07, 6.45) is 2.89. The number of nitrogens with one attached hydrogen (secondary N) is 1. The van der Waals surface area contributed by atoms with Gasteiger partial charge in [0.05, 0.1) is 12.6 Å². The molecule has 7 heteroatoms. The van der Waals surface area contributed by atoms with E-state index in [0.29, 0.717) is 17.5 Å². The van der Waals surface area contributed by atoms with Gasteiger partial charge in [-0.2, -0.15) is 0 Å². The molecule has 128 valence electrons. The molecule has 3 rings (SSSR count). The number of carbonyl (C=O) groups is 1. The van der Waals surface area contributed by atoms with Crippen molar-refractivity contribution in [3.8, 4) is 0 Å². The summed E-state index contributed by atoms with van der Waals surface area (Å²) in [5, 5.41) is 22.0. The highest BCUT2D eigenvalue weighted by atomic mass is 32.1. The Kier molecular flexibility index (Phi) is 5.55. The molecule has 0 aliphatic heterocycles. The fourth-order valence-electron chi connectivity index (χ4n) is 3.04. The van der Waals surface area contributed by atoms with Crippen molar-refractivity contribution in [3.05, 3.63) is 40.3 Å². The maximum Gasteiger partial charge on any atom is 0.286 e. The van der Waals surface area contributed by atoms with E-state index in [0.717, 1.165) is 36.5 Å². The summed E-state index contributed by atoms with van der Waals surface area (Å²) >= 11 is 1.31. The van der Waals surface area contributed by atoms with E-state index < -0.39 is 0 Å². The second-order valence-corrected chi connectivity index (χ2v) is 7.34. The van der Waals surface area contributed by atoms with Crippen molar-refractivity contribution in [2.45, 2.75) is 31.9 Å². The van der Waals surface area contributed by atoms with Crippen LogP contribution in [0.3, 0.4) is 0 Å². The van der Waals surface area contributed by atoms with Crippen molar-refractivity contribution in [3.63, 3.8) is 0 Å². The Labute approximate surface area is 145 Å². The first-order chi connectivity index (χ1) is 11.6. The summed E-state index contributed by atoms with van der Waals surface area (Å²) in [6.45, 7) is 1.48. The zero-order valence-corrected chi connectivity index (χ0v) is 14.5. The van der Waals surface area contributed by atoms with Crippen LogP contribution in [0.2, 0.25) is 0 Å². The third-order valence-corrected chi connectivity index (χ3v) is 5.17. The largest absolute Gasteiger partial charge is 0.393 e. The molecule has 0 unspecified atom stereocenters. The van der Waals surface area contributed by atoms with Gasteiger partial charge >= 0.3 is 0 Å². The Bertz CT molecular complexity index is 676. The van der Waals surface area contributed by atoms with Gasteiger partial charge in [-0.1, -0.05) is 36.0 Å². The van der Waals surface area contributed by atoms with Gasteiger partial charge in [-0.05, 0) is 37.9 Å². The third kappa shape index (κ3) is 4.37. The molecule has 1 fully saturated rings. The van der Waals surface area contributed by atoms with Crippen LogP contribution in [0.4, 0.5) is 5.69 Å². The van der Waals surface area contributed by atoms with Crippen LogP contribution in [0, 0.1) is 5.92 Å². The van der Waals surface area contributed by atoms with E-state index in [1.165, 1.54) is 11.3 Å². The zero-order valence-electron chi connectivity index (χ0n) is 13.7. The molecule has 1 saturated carbocycles. The third-order valence-electron chi connectivity index (χ3n) is 4.26. The fraction of sp³-hybridized carbons (Fsp3) is 0.471. The minimum Gasteiger partial charge on any atom is -0.393 e. The van der Waals surface area contributed by atoms with Crippen LogP contribution < -0.4 is 5.32 Å². The number of aromatic nitrogens is 2. The first-order valence-corrected chi connectivity index (χ1v) is 8.99. The lowest BCUT2D eigenvalue weighted by molar-refractivity contribution is 0.102. The lowest BCUT2D eigenvalue weighted by Gasteiger charge is -2.21. The first kappa shape index (κ1) is 17.0. The van der Waals surface area contributed by atoms with Gasteiger partial charge in [-0.15, -0.1) is 10.2 Å². The van der Waals surface area contributed by atoms with Crippen molar-refractivity contribution < 1.29 is 9.90 Å². The minimum atomic E-state index is -0.237. The maximum atomic E-state index is 12.2. The number of carbonyl (C=O) groups excluding carboxylic acids is 1. The number of anilines is 1. The van der Waals surface area contributed by atoms with Crippen LogP contribution in [-0.2, 0) is 6.54 Å². The van der Waals surface area contributed by atoms with E-state index in [4.69, 9.17) is 0 Å². The molecule has 2 N–H and O–H groups in total. The van der Waals surface area contributed by atoms with E-state index >= 15 is 0 Å². The van der Waals surface area contributed by atoms with E-state index in [1.54, 1.807) is 0 Å². The molecule has 1 heterocycles. The van der Waals surface area contributed by atoms with Crippen molar-refractivity contribution in [1.29, 1.82) is 0 Å². The fourth-order valence-corrected chi connectivity index (χ4v) is 3.86. The summed E-state index contributed by atoms with van der Waals surface area (Å²) in [5.74, 6) is 0.0996. The number of aliphatic hydroxyl groups excluding tert-OH is 1. The van der Waals surface area contributed by atoms with E-state index in [9.17, 15) is 9.90 Å².